The van der Waals surface area contributed by atoms with Crippen LogP contribution in [0.3, 0.4) is 0 Å². The summed E-state index contributed by atoms with van der Waals surface area (Å²) in [6, 6.07) is 7.29. The van der Waals surface area contributed by atoms with Crippen molar-refractivity contribution in [3.05, 3.63) is 46.8 Å². The van der Waals surface area contributed by atoms with Gasteiger partial charge in [-0.1, -0.05) is 24.2 Å². The molecule has 3 rings (SSSR count). The summed E-state index contributed by atoms with van der Waals surface area (Å²) in [5, 5.41) is 3.96. The lowest BCUT2D eigenvalue weighted by Crippen LogP contribution is -2.40. The second kappa shape index (κ2) is 9.28. The normalized spacial score (nSPS) is 14.9. The molecule has 1 aliphatic heterocycles. The van der Waals surface area contributed by atoms with Gasteiger partial charge in [0.1, 0.15) is 5.76 Å². The van der Waals surface area contributed by atoms with E-state index in [2.05, 4.69) is 12.1 Å². The number of benzene rings is 1. The van der Waals surface area contributed by atoms with Crippen molar-refractivity contribution in [3.63, 3.8) is 0 Å². The Morgan fingerprint density at radius 1 is 1.25 bits per heavy atom. The van der Waals surface area contributed by atoms with E-state index >= 15 is 0 Å². The van der Waals surface area contributed by atoms with Gasteiger partial charge in [0.2, 0.25) is 0 Å². The molecule has 6 nitrogen and oxygen atoms in total. The van der Waals surface area contributed by atoms with E-state index in [-0.39, 0.29) is 12.5 Å². The molecule has 28 heavy (non-hydrogen) atoms. The molecule has 1 fully saturated rings. The molecule has 2 heterocycles. The number of hydrogen-bond donors (Lipinski definition) is 0. The van der Waals surface area contributed by atoms with Crippen molar-refractivity contribution in [2.75, 3.05) is 19.7 Å². The third kappa shape index (κ3) is 4.95. The van der Waals surface area contributed by atoms with E-state index in [0.29, 0.717) is 17.2 Å². The van der Waals surface area contributed by atoms with Gasteiger partial charge in [-0.15, -0.1) is 11.8 Å². The maximum Gasteiger partial charge on any atom is 0.339 e. The molecule has 0 unspecified atom stereocenters. The second-order valence-corrected chi connectivity index (χ2v) is 8.24. The highest BCUT2D eigenvalue weighted by atomic mass is 32.2. The summed E-state index contributed by atoms with van der Waals surface area (Å²) in [4.78, 5) is 27.5. The van der Waals surface area contributed by atoms with E-state index in [0.717, 1.165) is 47.8 Å². The monoisotopic (exact) mass is 402 g/mol. The van der Waals surface area contributed by atoms with Crippen LogP contribution in [0.5, 0.6) is 0 Å². The van der Waals surface area contributed by atoms with Gasteiger partial charge in [-0.25, -0.2) is 4.79 Å². The quantitative estimate of drug-likeness (QED) is 0.537. The zero-order valence-corrected chi connectivity index (χ0v) is 17.4. The first kappa shape index (κ1) is 20.5. The largest absolute Gasteiger partial charge is 0.452 e. The van der Waals surface area contributed by atoms with Crippen LogP contribution in [0.25, 0.3) is 0 Å². The van der Waals surface area contributed by atoms with Gasteiger partial charge < -0.3 is 14.2 Å². The Labute approximate surface area is 169 Å². The van der Waals surface area contributed by atoms with Crippen LogP contribution in [-0.2, 0) is 15.3 Å². The third-order valence-corrected chi connectivity index (χ3v) is 6.22. The first-order valence-electron chi connectivity index (χ1n) is 9.54. The number of hydrogen-bond acceptors (Lipinski definition) is 6. The van der Waals surface area contributed by atoms with Crippen molar-refractivity contribution in [2.45, 2.75) is 44.3 Å². The van der Waals surface area contributed by atoms with E-state index < -0.39 is 5.97 Å². The standard InChI is InChI=1S/C21H26N2O4S/c1-14-8-10-23(11-9-14)20(24)12-26-21(25)17-6-4-5-7-19(17)28-13-18-15(2)22-27-16(18)3/h4-7,14H,8-13H2,1-3H3. The number of carbonyl (C=O) groups is 2. The summed E-state index contributed by atoms with van der Waals surface area (Å²) in [5.74, 6) is 1.48. The minimum absolute atomic E-state index is 0.124. The minimum atomic E-state index is -0.472. The van der Waals surface area contributed by atoms with Gasteiger partial charge in [0.25, 0.3) is 5.91 Å². The predicted molar refractivity (Wildman–Crippen MR) is 107 cm³/mol. The Bertz CT molecular complexity index is 821. The Kier molecular flexibility index (Phi) is 6.78. The summed E-state index contributed by atoms with van der Waals surface area (Å²) in [6.45, 7) is 7.24. The van der Waals surface area contributed by atoms with Gasteiger partial charge in [-0.05, 0) is 44.7 Å². The Morgan fingerprint density at radius 2 is 1.96 bits per heavy atom. The lowest BCUT2D eigenvalue weighted by Gasteiger charge is -2.30. The number of thioether (sulfide) groups is 1. The fourth-order valence-corrected chi connectivity index (χ4v) is 4.37. The Balaban J connectivity index is 1.58. The number of amides is 1. The maximum absolute atomic E-state index is 12.6. The van der Waals surface area contributed by atoms with Gasteiger partial charge in [0.05, 0.1) is 11.3 Å². The summed E-state index contributed by atoms with van der Waals surface area (Å²) >= 11 is 1.53. The molecule has 0 bridgehead atoms. The zero-order chi connectivity index (χ0) is 20.1. The van der Waals surface area contributed by atoms with E-state index in [9.17, 15) is 9.59 Å². The number of rotatable bonds is 6. The first-order valence-corrected chi connectivity index (χ1v) is 10.5. The molecule has 0 atom stereocenters. The van der Waals surface area contributed by atoms with Gasteiger partial charge >= 0.3 is 5.97 Å². The Morgan fingerprint density at radius 3 is 2.64 bits per heavy atom. The van der Waals surface area contributed by atoms with Crippen molar-refractivity contribution in [1.82, 2.24) is 10.1 Å². The fraction of sp³-hybridized carbons (Fsp3) is 0.476. The molecule has 150 valence electrons. The van der Waals surface area contributed by atoms with Gasteiger partial charge in [0, 0.05) is 29.3 Å². The average Bonchev–Trinajstić information content (AvgIpc) is 3.02. The first-order chi connectivity index (χ1) is 13.5. The van der Waals surface area contributed by atoms with Crippen LogP contribution in [0.4, 0.5) is 0 Å². The molecule has 0 aliphatic carbocycles. The van der Waals surface area contributed by atoms with E-state index in [1.165, 1.54) is 11.8 Å². The van der Waals surface area contributed by atoms with E-state index in [4.69, 9.17) is 9.26 Å². The van der Waals surface area contributed by atoms with Crippen molar-refractivity contribution in [1.29, 1.82) is 0 Å². The molecule has 1 saturated heterocycles. The predicted octanol–water partition coefficient (Wildman–Crippen LogP) is 4.00. The highest BCUT2D eigenvalue weighted by Crippen LogP contribution is 2.29. The average molecular weight is 403 g/mol. The van der Waals surface area contributed by atoms with Crippen LogP contribution in [0, 0.1) is 19.8 Å². The summed E-state index contributed by atoms with van der Waals surface area (Å²) in [5.41, 5.74) is 2.36. The SMILES string of the molecule is Cc1noc(C)c1CSc1ccccc1C(=O)OCC(=O)N1CCC(C)CC1. The molecular weight excluding hydrogens is 376 g/mol. The van der Waals surface area contributed by atoms with Crippen LogP contribution >= 0.6 is 11.8 Å². The Hall–Kier alpha value is -2.28. The lowest BCUT2D eigenvalue weighted by molar-refractivity contribution is -0.135. The highest BCUT2D eigenvalue weighted by Gasteiger charge is 2.22. The van der Waals surface area contributed by atoms with Crippen LogP contribution in [-0.4, -0.2) is 41.6 Å². The molecule has 1 amide bonds. The molecular formula is C21H26N2O4S. The van der Waals surface area contributed by atoms with Crippen molar-refractivity contribution >= 4 is 23.6 Å². The smallest absolute Gasteiger partial charge is 0.339 e. The second-order valence-electron chi connectivity index (χ2n) is 7.23. The molecule has 2 aromatic rings. The number of piperidine rings is 1. The van der Waals surface area contributed by atoms with Crippen molar-refractivity contribution < 1.29 is 18.8 Å². The van der Waals surface area contributed by atoms with Crippen LogP contribution in [0.1, 0.15) is 47.1 Å². The molecule has 0 spiro atoms. The van der Waals surface area contributed by atoms with Gasteiger partial charge in [0.15, 0.2) is 6.61 Å². The van der Waals surface area contributed by atoms with E-state index in [1.54, 1.807) is 17.0 Å². The van der Waals surface area contributed by atoms with Crippen LogP contribution in [0.2, 0.25) is 0 Å². The molecule has 1 aliphatic rings. The third-order valence-electron chi connectivity index (χ3n) is 5.12. The fourth-order valence-electron chi connectivity index (χ4n) is 3.17. The number of aryl methyl sites for hydroxylation is 2. The van der Waals surface area contributed by atoms with Gasteiger partial charge in [-0.3, -0.25) is 4.79 Å². The molecule has 1 aromatic heterocycles. The number of nitrogens with zero attached hydrogens (tertiary/aromatic N) is 2. The molecule has 0 radical (unpaired) electrons. The van der Waals surface area contributed by atoms with Crippen LogP contribution < -0.4 is 0 Å². The van der Waals surface area contributed by atoms with Crippen molar-refractivity contribution in [2.24, 2.45) is 5.92 Å². The maximum atomic E-state index is 12.6. The van der Waals surface area contributed by atoms with Crippen LogP contribution in [0.15, 0.2) is 33.7 Å². The minimum Gasteiger partial charge on any atom is -0.452 e. The topological polar surface area (TPSA) is 72.6 Å². The number of ether oxygens (including phenoxy) is 1. The number of esters is 1. The number of carbonyl (C=O) groups excluding carboxylic acids is 2. The van der Waals surface area contributed by atoms with Crippen molar-refractivity contribution in [3.8, 4) is 0 Å². The molecule has 0 N–H and O–H groups in total. The lowest BCUT2D eigenvalue weighted by atomic mass is 9.99. The highest BCUT2D eigenvalue weighted by molar-refractivity contribution is 7.98. The summed E-state index contributed by atoms with van der Waals surface area (Å²) in [6.07, 6.45) is 2.00. The molecule has 0 saturated carbocycles. The molecule has 1 aromatic carbocycles. The summed E-state index contributed by atoms with van der Waals surface area (Å²) in [7, 11) is 0. The van der Waals surface area contributed by atoms with Gasteiger partial charge in [-0.2, -0.15) is 0 Å². The molecule has 7 heteroatoms. The zero-order valence-electron chi connectivity index (χ0n) is 16.6. The number of likely N-dealkylation sites (tertiary alicyclic amines) is 1. The summed E-state index contributed by atoms with van der Waals surface area (Å²) < 4.78 is 10.5. The number of aromatic nitrogens is 1. The van der Waals surface area contributed by atoms with E-state index in [1.807, 2.05) is 26.0 Å².